The number of hydrogen-bond acceptors (Lipinski definition) is 7. The van der Waals surface area contributed by atoms with Gasteiger partial charge in [-0.25, -0.2) is 9.98 Å². The number of aromatic nitrogens is 2. The van der Waals surface area contributed by atoms with Crippen molar-refractivity contribution in [3.8, 4) is 22.6 Å². The molecule has 2 N–H and O–H groups in total. The Bertz CT molecular complexity index is 1330. The van der Waals surface area contributed by atoms with Crippen LogP contribution in [0.2, 0.25) is 0 Å². The number of thioether (sulfide) groups is 1. The number of hydrogen-bond donors (Lipinski definition) is 1. The molecule has 6 rings (SSSR count). The summed E-state index contributed by atoms with van der Waals surface area (Å²) in [6.45, 7) is 1.26. The van der Waals surface area contributed by atoms with Gasteiger partial charge in [-0.1, -0.05) is 23.9 Å². The Balaban J connectivity index is 1.56. The number of nitrogens with zero attached hydrogens (tertiary/aromatic N) is 3. The lowest BCUT2D eigenvalue weighted by atomic mass is 9.77. The van der Waals surface area contributed by atoms with Gasteiger partial charge in [0, 0.05) is 28.6 Å². The van der Waals surface area contributed by atoms with E-state index in [1.807, 2.05) is 18.2 Å². The van der Waals surface area contributed by atoms with E-state index in [4.69, 9.17) is 20.2 Å². The van der Waals surface area contributed by atoms with Gasteiger partial charge in [-0.3, -0.25) is 4.98 Å². The van der Waals surface area contributed by atoms with Gasteiger partial charge in [-0.2, -0.15) is 4.39 Å². The van der Waals surface area contributed by atoms with Gasteiger partial charge in [0.1, 0.15) is 11.3 Å². The van der Waals surface area contributed by atoms with Crippen LogP contribution in [0.3, 0.4) is 0 Å². The van der Waals surface area contributed by atoms with E-state index in [-0.39, 0.29) is 0 Å². The van der Waals surface area contributed by atoms with Crippen LogP contribution in [0.5, 0.6) is 11.5 Å². The normalized spacial score (nSPS) is 21.5. The quantitative estimate of drug-likeness (QED) is 0.549. The number of ether oxygens (including phenoxy) is 2. The first-order valence-corrected chi connectivity index (χ1v) is 11.8. The Labute approximate surface area is 194 Å². The molecule has 3 aliphatic heterocycles. The average molecular weight is 461 g/mol. The molecule has 0 amide bonds. The van der Waals surface area contributed by atoms with Crippen molar-refractivity contribution in [2.75, 3.05) is 19.0 Å². The summed E-state index contributed by atoms with van der Waals surface area (Å²) < 4.78 is 26.2. The monoisotopic (exact) mass is 460 g/mol. The first kappa shape index (κ1) is 20.4. The second kappa shape index (κ2) is 7.97. The molecule has 8 heteroatoms. The Morgan fingerprint density at radius 3 is 2.82 bits per heavy atom. The van der Waals surface area contributed by atoms with Crippen molar-refractivity contribution in [3.63, 3.8) is 0 Å². The van der Waals surface area contributed by atoms with E-state index in [2.05, 4.69) is 22.1 Å². The summed E-state index contributed by atoms with van der Waals surface area (Å²) in [6, 6.07) is 11.2. The summed E-state index contributed by atoms with van der Waals surface area (Å²) in [4.78, 5) is 13.5. The molecule has 0 saturated heterocycles. The first-order chi connectivity index (χ1) is 16.1. The number of pyridine rings is 2. The van der Waals surface area contributed by atoms with Crippen LogP contribution in [0, 0.1) is 5.95 Å². The highest BCUT2D eigenvalue weighted by molar-refractivity contribution is 8.13. The van der Waals surface area contributed by atoms with Crippen molar-refractivity contribution in [1.82, 2.24) is 9.97 Å². The summed E-state index contributed by atoms with van der Waals surface area (Å²) in [6.07, 6.45) is 6.84. The fourth-order valence-electron chi connectivity index (χ4n) is 4.73. The van der Waals surface area contributed by atoms with Crippen molar-refractivity contribution >= 4 is 22.5 Å². The number of fused-ring (bicyclic) bond motifs is 4. The van der Waals surface area contributed by atoms with Crippen LogP contribution in [0.15, 0.2) is 59.9 Å². The Hall–Kier alpha value is -3.23. The molecule has 0 bridgehead atoms. The molecule has 33 heavy (non-hydrogen) atoms. The number of amidine groups is 1. The molecule has 1 aromatic carbocycles. The topological polar surface area (TPSA) is 82.6 Å². The highest BCUT2D eigenvalue weighted by atomic mass is 32.2. The largest absolute Gasteiger partial charge is 0.455 e. The lowest BCUT2D eigenvalue weighted by molar-refractivity contribution is 0.161. The maximum Gasteiger partial charge on any atom is 0.220 e. The van der Waals surface area contributed by atoms with Gasteiger partial charge in [0.25, 0.3) is 0 Å². The molecular formula is C25H21FN4O2S. The summed E-state index contributed by atoms with van der Waals surface area (Å²) in [5, 5.41) is 0.529. The average Bonchev–Trinajstić information content (AvgIpc) is 2.85. The maximum atomic E-state index is 14.5. The number of benzene rings is 1. The number of halogens is 1. The zero-order valence-electron chi connectivity index (χ0n) is 17.8. The molecule has 0 unspecified atom stereocenters. The summed E-state index contributed by atoms with van der Waals surface area (Å²) in [5.74, 6) is 1.65. The molecule has 0 radical (unpaired) electrons. The van der Waals surface area contributed by atoms with E-state index in [0.717, 1.165) is 46.6 Å². The van der Waals surface area contributed by atoms with Crippen molar-refractivity contribution in [3.05, 3.63) is 77.6 Å². The second-order valence-corrected chi connectivity index (χ2v) is 9.30. The summed E-state index contributed by atoms with van der Waals surface area (Å²) >= 11 is 1.54. The Kier molecular flexibility index (Phi) is 4.92. The van der Waals surface area contributed by atoms with E-state index >= 15 is 0 Å². The highest BCUT2D eigenvalue weighted by Gasteiger charge is 2.44. The molecular weight excluding hydrogens is 439 g/mol. The second-order valence-electron chi connectivity index (χ2n) is 8.18. The van der Waals surface area contributed by atoms with Gasteiger partial charge in [0.2, 0.25) is 5.95 Å². The van der Waals surface area contributed by atoms with Gasteiger partial charge in [0.15, 0.2) is 10.9 Å². The molecule has 0 fully saturated rings. The summed E-state index contributed by atoms with van der Waals surface area (Å²) in [5.41, 5.74) is 10.5. The van der Waals surface area contributed by atoms with Crippen LogP contribution in [0.25, 0.3) is 16.7 Å². The van der Waals surface area contributed by atoms with E-state index in [1.54, 1.807) is 30.1 Å². The Morgan fingerprint density at radius 1 is 1.09 bits per heavy atom. The molecule has 0 aliphatic carbocycles. The van der Waals surface area contributed by atoms with Crippen molar-refractivity contribution in [2.24, 2.45) is 10.7 Å². The highest BCUT2D eigenvalue weighted by Crippen LogP contribution is 2.53. The standard InChI is InChI=1S/C25H21FN4O2S/c26-23-17(2-1-8-28-23)16-3-4-21-18(12-16)25(7-11-33-24(27)30-25)19-13-20(29-14-22(19)32-21)15-5-9-31-10-6-15/h1-5,8,12-14H,6-7,9-11H2,(H2,27,30)/t25-/m0/s1. The van der Waals surface area contributed by atoms with Crippen LogP contribution < -0.4 is 10.5 Å². The van der Waals surface area contributed by atoms with Crippen molar-refractivity contribution < 1.29 is 13.9 Å². The number of nitrogens with two attached hydrogens (primary N) is 1. The van der Waals surface area contributed by atoms with E-state index < -0.39 is 11.5 Å². The van der Waals surface area contributed by atoms with E-state index in [1.165, 1.54) is 6.20 Å². The Morgan fingerprint density at radius 2 is 2.00 bits per heavy atom. The SMILES string of the molecule is NC1=N[C@@]2(CCS1)c1cc(-c3cccnc3F)ccc1Oc1cnc(C3=CCOCC3)cc12. The molecule has 3 aliphatic rings. The molecule has 0 saturated carbocycles. The molecule has 5 heterocycles. The fourth-order valence-corrected chi connectivity index (χ4v) is 5.55. The van der Waals surface area contributed by atoms with Crippen LogP contribution in [0.1, 0.15) is 29.7 Å². The number of aliphatic imine (C=N–C) groups is 1. The molecule has 1 spiro atoms. The minimum Gasteiger partial charge on any atom is -0.455 e. The predicted molar refractivity (Wildman–Crippen MR) is 127 cm³/mol. The molecule has 6 nitrogen and oxygen atoms in total. The third kappa shape index (κ3) is 3.41. The minimum atomic E-state index is -0.726. The van der Waals surface area contributed by atoms with E-state index in [0.29, 0.717) is 35.4 Å². The lowest BCUT2D eigenvalue weighted by Gasteiger charge is -2.39. The molecule has 1 atom stereocenters. The van der Waals surface area contributed by atoms with Crippen molar-refractivity contribution in [1.29, 1.82) is 0 Å². The lowest BCUT2D eigenvalue weighted by Crippen LogP contribution is -2.35. The zero-order valence-corrected chi connectivity index (χ0v) is 18.6. The van der Waals surface area contributed by atoms with Gasteiger partial charge in [-0.15, -0.1) is 0 Å². The van der Waals surface area contributed by atoms with Crippen LogP contribution in [-0.2, 0) is 10.3 Å². The smallest absolute Gasteiger partial charge is 0.220 e. The third-order valence-corrected chi connectivity index (χ3v) is 7.13. The third-order valence-electron chi connectivity index (χ3n) is 6.34. The molecule has 2 aromatic heterocycles. The van der Waals surface area contributed by atoms with Crippen molar-refractivity contribution in [2.45, 2.75) is 18.4 Å². The minimum absolute atomic E-state index is 0.436. The number of rotatable bonds is 2. The van der Waals surface area contributed by atoms with Gasteiger partial charge in [-0.05, 0) is 54.3 Å². The summed E-state index contributed by atoms with van der Waals surface area (Å²) in [7, 11) is 0. The van der Waals surface area contributed by atoms with Crippen LogP contribution >= 0.6 is 11.8 Å². The van der Waals surface area contributed by atoms with Gasteiger partial charge >= 0.3 is 0 Å². The molecule has 3 aromatic rings. The van der Waals surface area contributed by atoms with Gasteiger partial charge in [0.05, 0.1) is 25.1 Å². The zero-order chi connectivity index (χ0) is 22.4. The van der Waals surface area contributed by atoms with Crippen LogP contribution in [0.4, 0.5) is 4.39 Å². The fraction of sp³-hybridized carbons (Fsp3) is 0.240. The predicted octanol–water partition coefficient (Wildman–Crippen LogP) is 4.89. The molecule has 166 valence electrons. The van der Waals surface area contributed by atoms with E-state index in [9.17, 15) is 4.39 Å². The van der Waals surface area contributed by atoms with Gasteiger partial charge < -0.3 is 15.2 Å². The van der Waals surface area contributed by atoms with Crippen LogP contribution in [-0.4, -0.2) is 34.1 Å². The first-order valence-electron chi connectivity index (χ1n) is 10.8. The maximum absolute atomic E-state index is 14.5.